The number of hydrogen-bond acceptors (Lipinski definition) is 6. The summed E-state index contributed by atoms with van der Waals surface area (Å²) in [5.41, 5.74) is 0.635. The van der Waals surface area contributed by atoms with Crippen LogP contribution < -0.4 is 0 Å². The third-order valence-electron chi connectivity index (χ3n) is 3.27. The molecule has 1 aromatic carbocycles. The van der Waals surface area contributed by atoms with Crippen molar-refractivity contribution >= 4 is 11.7 Å². The van der Waals surface area contributed by atoms with E-state index < -0.39 is 11.0 Å². The molecular formula is C13H16N2O5. The quantitative estimate of drug-likeness (QED) is 0.464. The van der Waals surface area contributed by atoms with Gasteiger partial charge in [0.15, 0.2) is 0 Å². The first-order chi connectivity index (χ1) is 9.63. The lowest BCUT2D eigenvalue weighted by molar-refractivity contribution is -0.385. The second kappa shape index (κ2) is 6.44. The minimum Gasteiger partial charge on any atom is -0.468 e. The van der Waals surface area contributed by atoms with Crippen LogP contribution >= 0.6 is 0 Å². The summed E-state index contributed by atoms with van der Waals surface area (Å²) in [7, 11) is 1.32. The molecule has 20 heavy (non-hydrogen) atoms. The Kier molecular flexibility index (Phi) is 4.65. The number of ether oxygens (including phenoxy) is 2. The van der Waals surface area contributed by atoms with E-state index >= 15 is 0 Å². The highest BCUT2D eigenvalue weighted by Crippen LogP contribution is 2.21. The molecule has 0 radical (unpaired) electrons. The summed E-state index contributed by atoms with van der Waals surface area (Å²) in [5, 5.41) is 11.0. The van der Waals surface area contributed by atoms with Crippen molar-refractivity contribution in [1.82, 2.24) is 4.90 Å². The topological polar surface area (TPSA) is 81.9 Å². The second-order valence-electron chi connectivity index (χ2n) is 4.47. The van der Waals surface area contributed by atoms with Crippen LogP contribution in [0.25, 0.3) is 0 Å². The van der Waals surface area contributed by atoms with Gasteiger partial charge in [-0.25, -0.2) is 0 Å². The van der Waals surface area contributed by atoms with E-state index in [1.165, 1.54) is 13.2 Å². The third-order valence-corrected chi connectivity index (χ3v) is 3.27. The van der Waals surface area contributed by atoms with Crippen molar-refractivity contribution in [3.8, 4) is 0 Å². The number of para-hydroxylation sites is 1. The lowest BCUT2D eigenvalue weighted by atomic mass is 10.1. The molecule has 0 spiro atoms. The highest BCUT2D eigenvalue weighted by molar-refractivity contribution is 5.76. The number of nitrogens with zero attached hydrogens (tertiary/aromatic N) is 2. The van der Waals surface area contributed by atoms with Crippen molar-refractivity contribution in [3.05, 3.63) is 39.9 Å². The molecule has 0 bridgehead atoms. The summed E-state index contributed by atoms with van der Waals surface area (Å²) < 4.78 is 10.0. The monoisotopic (exact) mass is 280 g/mol. The molecule has 1 atom stereocenters. The Balaban J connectivity index is 2.19. The molecule has 1 aliphatic heterocycles. The Morgan fingerprint density at radius 2 is 2.30 bits per heavy atom. The maximum atomic E-state index is 11.7. The van der Waals surface area contributed by atoms with E-state index in [9.17, 15) is 14.9 Å². The highest BCUT2D eigenvalue weighted by Gasteiger charge is 2.31. The van der Waals surface area contributed by atoms with Gasteiger partial charge in [0.2, 0.25) is 0 Å². The molecule has 1 aromatic rings. The van der Waals surface area contributed by atoms with Gasteiger partial charge >= 0.3 is 5.97 Å². The zero-order valence-corrected chi connectivity index (χ0v) is 11.2. The molecule has 1 saturated heterocycles. The summed E-state index contributed by atoms with van der Waals surface area (Å²) >= 11 is 0. The predicted octanol–water partition coefficient (Wildman–Crippen LogP) is 0.969. The Morgan fingerprint density at radius 1 is 1.55 bits per heavy atom. The average molecular weight is 280 g/mol. The van der Waals surface area contributed by atoms with E-state index in [1.54, 1.807) is 18.2 Å². The van der Waals surface area contributed by atoms with Crippen LogP contribution in [0.4, 0.5) is 5.69 Å². The molecule has 1 unspecified atom stereocenters. The van der Waals surface area contributed by atoms with E-state index in [-0.39, 0.29) is 18.3 Å². The van der Waals surface area contributed by atoms with Gasteiger partial charge in [-0.2, -0.15) is 0 Å². The van der Waals surface area contributed by atoms with Crippen molar-refractivity contribution in [3.63, 3.8) is 0 Å². The first-order valence-electron chi connectivity index (χ1n) is 6.25. The number of carbonyl (C=O) groups excluding carboxylic acids is 1. The molecule has 108 valence electrons. The van der Waals surface area contributed by atoms with Crippen molar-refractivity contribution in [2.24, 2.45) is 0 Å². The van der Waals surface area contributed by atoms with Crippen LogP contribution in [0.15, 0.2) is 24.3 Å². The molecule has 0 aliphatic carbocycles. The van der Waals surface area contributed by atoms with Gasteiger partial charge in [-0.1, -0.05) is 18.2 Å². The molecule has 2 rings (SSSR count). The first kappa shape index (κ1) is 14.4. The molecule has 7 heteroatoms. The fourth-order valence-corrected chi connectivity index (χ4v) is 2.22. The van der Waals surface area contributed by atoms with E-state index in [0.717, 1.165) is 0 Å². The summed E-state index contributed by atoms with van der Waals surface area (Å²) in [6.45, 7) is 1.59. The summed E-state index contributed by atoms with van der Waals surface area (Å²) in [6, 6.07) is 6.01. The smallest absolute Gasteiger partial charge is 0.325 e. The fourth-order valence-electron chi connectivity index (χ4n) is 2.22. The van der Waals surface area contributed by atoms with Gasteiger partial charge in [0.1, 0.15) is 6.04 Å². The number of nitro benzene ring substituents is 1. The van der Waals surface area contributed by atoms with Crippen LogP contribution in [0.5, 0.6) is 0 Å². The molecule has 0 saturated carbocycles. The molecule has 0 aromatic heterocycles. The third kappa shape index (κ3) is 3.12. The van der Waals surface area contributed by atoms with Crippen molar-refractivity contribution in [2.45, 2.75) is 12.6 Å². The number of benzene rings is 1. The number of rotatable bonds is 4. The number of methoxy groups -OCH3 is 1. The van der Waals surface area contributed by atoms with E-state index in [0.29, 0.717) is 25.3 Å². The number of nitro groups is 1. The Bertz CT molecular complexity index is 505. The van der Waals surface area contributed by atoms with Crippen LogP contribution in [-0.2, 0) is 20.8 Å². The first-order valence-corrected chi connectivity index (χ1v) is 6.25. The predicted molar refractivity (Wildman–Crippen MR) is 70.1 cm³/mol. The van der Waals surface area contributed by atoms with Gasteiger partial charge in [0.05, 0.1) is 25.2 Å². The summed E-state index contributed by atoms with van der Waals surface area (Å²) in [5.74, 6) is -0.386. The van der Waals surface area contributed by atoms with Crippen molar-refractivity contribution in [1.29, 1.82) is 0 Å². The fraction of sp³-hybridized carbons (Fsp3) is 0.462. The van der Waals surface area contributed by atoms with Crippen LogP contribution in [0.2, 0.25) is 0 Å². The van der Waals surface area contributed by atoms with Gasteiger partial charge in [0.25, 0.3) is 5.69 Å². The van der Waals surface area contributed by atoms with Crippen LogP contribution in [0, 0.1) is 10.1 Å². The standard InChI is InChI=1S/C13H16N2O5/c1-19-13(16)12-9-20-7-6-14(12)8-10-4-2-3-5-11(10)15(17)18/h2-5,12H,6-9H2,1H3. The molecule has 1 aliphatic rings. The van der Waals surface area contributed by atoms with Gasteiger partial charge in [0, 0.05) is 24.7 Å². The highest BCUT2D eigenvalue weighted by atomic mass is 16.6. The Labute approximate surface area is 116 Å². The minimum absolute atomic E-state index is 0.0580. The lowest BCUT2D eigenvalue weighted by Gasteiger charge is -2.33. The molecule has 0 N–H and O–H groups in total. The van der Waals surface area contributed by atoms with Crippen molar-refractivity contribution in [2.75, 3.05) is 26.9 Å². The van der Waals surface area contributed by atoms with Gasteiger partial charge in [-0.3, -0.25) is 19.8 Å². The number of hydrogen-bond donors (Lipinski definition) is 0. The molecule has 1 heterocycles. The second-order valence-corrected chi connectivity index (χ2v) is 4.47. The van der Waals surface area contributed by atoms with Crippen LogP contribution in [-0.4, -0.2) is 48.7 Å². The number of morpholine rings is 1. The zero-order valence-electron chi connectivity index (χ0n) is 11.2. The molecular weight excluding hydrogens is 264 g/mol. The summed E-state index contributed by atoms with van der Waals surface area (Å²) in [4.78, 5) is 24.1. The van der Waals surface area contributed by atoms with E-state index in [2.05, 4.69) is 0 Å². The molecule has 1 fully saturated rings. The van der Waals surface area contributed by atoms with E-state index in [1.807, 2.05) is 4.90 Å². The van der Waals surface area contributed by atoms with E-state index in [4.69, 9.17) is 9.47 Å². The van der Waals surface area contributed by atoms with Crippen molar-refractivity contribution < 1.29 is 19.2 Å². The normalized spacial score (nSPS) is 19.6. The number of carbonyl (C=O) groups is 1. The van der Waals surface area contributed by atoms with Gasteiger partial charge in [-0.15, -0.1) is 0 Å². The Hall–Kier alpha value is -1.99. The van der Waals surface area contributed by atoms with Gasteiger partial charge < -0.3 is 9.47 Å². The SMILES string of the molecule is COC(=O)C1COCCN1Cc1ccccc1[N+](=O)[O-]. The number of esters is 1. The maximum absolute atomic E-state index is 11.7. The van der Waals surface area contributed by atoms with Crippen LogP contribution in [0.1, 0.15) is 5.56 Å². The Morgan fingerprint density at radius 3 is 3.00 bits per heavy atom. The maximum Gasteiger partial charge on any atom is 0.325 e. The zero-order chi connectivity index (χ0) is 14.5. The summed E-state index contributed by atoms with van der Waals surface area (Å²) in [6.07, 6.45) is 0. The van der Waals surface area contributed by atoms with Crippen LogP contribution in [0.3, 0.4) is 0 Å². The molecule has 0 amide bonds. The lowest BCUT2D eigenvalue weighted by Crippen LogP contribution is -2.49. The minimum atomic E-state index is -0.520. The molecule has 7 nitrogen and oxygen atoms in total. The largest absolute Gasteiger partial charge is 0.468 e. The average Bonchev–Trinajstić information content (AvgIpc) is 2.47. The van der Waals surface area contributed by atoms with Gasteiger partial charge in [-0.05, 0) is 0 Å².